The highest BCUT2D eigenvalue weighted by Gasteiger charge is 2.15. The minimum Gasteiger partial charge on any atom is -0.310 e. The molecule has 0 bridgehead atoms. The van der Waals surface area contributed by atoms with Gasteiger partial charge in [-0.05, 0) is 36.8 Å². The van der Waals surface area contributed by atoms with Crippen LogP contribution in [0.3, 0.4) is 0 Å². The lowest BCUT2D eigenvalue weighted by atomic mass is 10.1. The summed E-state index contributed by atoms with van der Waals surface area (Å²) in [5.41, 5.74) is 3.24. The molecule has 4 aromatic rings. The molecule has 4 rings (SSSR count). The van der Waals surface area contributed by atoms with E-state index in [9.17, 15) is 8.78 Å². The molecule has 0 saturated carbocycles. The van der Waals surface area contributed by atoms with Crippen molar-refractivity contribution in [3.63, 3.8) is 0 Å². The predicted octanol–water partition coefficient (Wildman–Crippen LogP) is 4.88. The topological polar surface area (TPSA) is 30.7 Å². The Kier molecular flexibility index (Phi) is 3.08. The summed E-state index contributed by atoms with van der Waals surface area (Å²) >= 11 is 0. The molecule has 5 heteroatoms. The number of rotatable bonds is 2. The highest BCUT2D eigenvalue weighted by atomic mass is 19.1. The Labute approximate surface area is 131 Å². The lowest BCUT2D eigenvalue weighted by molar-refractivity contribution is 0.282. The van der Waals surface area contributed by atoms with Crippen LogP contribution in [0.2, 0.25) is 0 Å². The smallest absolute Gasteiger partial charge is 0.212 e. The normalized spacial score (nSPS) is 12.8. The Morgan fingerprint density at radius 3 is 2.52 bits per heavy atom. The molecule has 0 aliphatic heterocycles. The van der Waals surface area contributed by atoms with Crippen LogP contribution < -0.4 is 0 Å². The minimum atomic E-state index is -1.17. The summed E-state index contributed by atoms with van der Waals surface area (Å²) in [6.07, 6.45) is 3.71. The Hall–Kier alpha value is -2.82. The van der Waals surface area contributed by atoms with E-state index >= 15 is 0 Å². The first-order valence-electron chi connectivity index (χ1n) is 7.29. The molecule has 0 amide bonds. The summed E-state index contributed by atoms with van der Waals surface area (Å²) in [5.74, 6) is -0.521. The molecule has 0 spiro atoms. The van der Waals surface area contributed by atoms with E-state index in [-0.39, 0.29) is 0 Å². The number of aromatic nitrogens is 3. The van der Waals surface area contributed by atoms with E-state index in [0.717, 1.165) is 32.9 Å². The second kappa shape index (κ2) is 5.12. The zero-order chi connectivity index (χ0) is 16.0. The number of halogens is 2. The van der Waals surface area contributed by atoms with E-state index in [4.69, 9.17) is 0 Å². The van der Waals surface area contributed by atoms with Gasteiger partial charge in [0.05, 0.1) is 11.0 Å². The van der Waals surface area contributed by atoms with Gasteiger partial charge in [-0.15, -0.1) is 0 Å². The lowest BCUT2D eigenvalue weighted by Gasteiger charge is -2.09. The molecular weight excluding hydrogens is 296 g/mol. The summed E-state index contributed by atoms with van der Waals surface area (Å²) in [7, 11) is 0. The Morgan fingerprint density at radius 2 is 1.78 bits per heavy atom. The van der Waals surface area contributed by atoms with Crippen molar-refractivity contribution in [2.45, 2.75) is 13.2 Å². The van der Waals surface area contributed by atoms with Crippen molar-refractivity contribution in [1.29, 1.82) is 0 Å². The molecule has 0 aliphatic carbocycles. The summed E-state index contributed by atoms with van der Waals surface area (Å²) in [6, 6.07) is 10.6. The van der Waals surface area contributed by atoms with Crippen LogP contribution in [0.4, 0.5) is 8.78 Å². The fourth-order valence-electron chi connectivity index (χ4n) is 3.00. The first-order valence-corrected chi connectivity index (χ1v) is 7.29. The molecule has 0 saturated heterocycles. The van der Waals surface area contributed by atoms with Gasteiger partial charge in [0.2, 0.25) is 5.95 Å². The fraction of sp³-hybridized carbons (Fsp3) is 0.111. The maximum Gasteiger partial charge on any atom is 0.212 e. The molecule has 1 aromatic carbocycles. The standard InChI is InChI=1S/C18H13F2N3/c1-11(19)23-16-6-7-21-10-15(16)14-4-2-12(8-17(14)23)13-3-5-18(20)22-9-13/h2-11H,1H3. The molecular formula is C18H13F2N3. The third-order valence-electron chi connectivity index (χ3n) is 4.02. The van der Waals surface area contributed by atoms with Gasteiger partial charge < -0.3 is 4.57 Å². The quantitative estimate of drug-likeness (QED) is 0.494. The number of pyridine rings is 2. The summed E-state index contributed by atoms with van der Waals surface area (Å²) in [5, 5.41) is 1.85. The SMILES string of the molecule is CC(F)n1c2ccncc2c2ccc(-c3ccc(F)nc3)cc21. The molecule has 0 aliphatic rings. The maximum atomic E-state index is 14.2. The molecule has 1 unspecified atom stereocenters. The second-order valence-electron chi connectivity index (χ2n) is 5.44. The molecule has 114 valence electrons. The number of fused-ring (bicyclic) bond motifs is 3. The van der Waals surface area contributed by atoms with E-state index in [0.29, 0.717) is 0 Å². The minimum absolute atomic E-state index is 0.521. The summed E-state index contributed by atoms with van der Waals surface area (Å²) in [4.78, 5) is 7.82. The van der Waals surface area contributed by atoms with E-state index in [1.54, 1.807) is 23.0 Å². The average molecular weight is 309 g/mol. The number of hydrogen-bond acceptors (Lipinski definition) is 2. The summed E-state index contributed by atoms with van der Waals surface area (Å²) < 4.78 is 28.8. The molecule has 0 N–H and O–H groups in total. The van der Waals surface area contributed by atoms with E-state index < -0.39 is 12.2 Å². The molecule has 23 heavy (non-hydrogen) atoms. The largest absolute Gasteiger partial charge is 0.310 e. The van der Waals surface area contributed by atoms with Gasteiger partial charge in [-0.1, -0.05) is 12.1 Å². The molecule has 3 heterocycles. The molecule has 1 atom stereocenters. The van der Waals surface area contributed by atoms with Gasteiger partial charge in [-0.3, -0.25) is 4.98 Å². The molecule has 0 fully saturated rings. The number of hydrogen-bond donors (Lipinski definition) is 0. The molecule has 3 aromatic heterocycles. The Morgan fingerprint density at radius 1 is 0.957 bits per heavy atom. The van der Waals surface area contributed by atoms with Crippen LogP contribution in [-0.4, -0.2) is 14.5 Å². The highest BCUT2D eigenvalue weighted by molar-refractivity contribution is 6.08. The maximum absolute atomic E-state index is 14.2. The van der Waals surface area contributed by atoms with E-state index in [1.807, 2.05) is 24.3 Å². The van der Waals surface area contributed by atoms with Crippen LogP contribution in [0.1, 0.15) is 13.2 Å². The van der Waals surface area contributed by atoms with Gasteiger partial charge in [0.1, 0.15) is 0 Å². The first-order chi connectivity index (χ1) is 11.1. The predicted molar refractivity (Wildman–Crippen MR) is 86.2 cm³/mol. The van der Waals surface area contributed by atoms with Gasteiger partial charge in [0.15, 0.2) is 6.30 Å². The Bertz CT molecular complexity index is 1000. The highest BCUT2D eigenvalue weighted by Crippen LogP contribution is 2.34. The fourth-order valence-corrected chi connectivity index (χ4v) is 3.00. The van der Waals surface area contributed by atoms with Crippen LogP contribution in [0, 0.1) is 5.95 Å². The molecule has 3 nitrogen and oxygen atoms in total. The van der Waals surface area contributed by atoms with Crippen LogP contribution in [0.15, 0.2) is 55.0 Å². The number of alkyl halides is 1. The third-order valence-corrected chi connectivity index (χ3v) is 4.02. The van der Waals surface area contributed by atoms with Crippen molar-refractivity contribution >= 4 is 21.8 Å². The van der Waals surface area contributed by atoms with Crippen molar-refractivity contribution < 1.29 is 8.78 Å². The Balaban J connectivity index is 2.03. The zero-order valence-corrected chi connectivity index (χ0v) is 12.4. The van der Waals surface area contributed by atoms with Crippen molar-refractivity contribution in [3.8, 4) is 11.1 Å². The van der Waals surface area contributed by atoms with Gasteiger partial charge in [-0.25, -0.2) is 9.37 Å². The summed E-state index contributed by atoms with van der Waals surface area (Å²) in [6.45, 7) is 1.51. The van der Waals surface area contributed by atoms with Crippen LogP contribution in [0.5, 0.6) is 0 Å². The van der Waals surface area contributed by atoms with Crippen LogP contribution in [0.25, 0.3) is 32.9 Å². The molecule has 0 radical (unpaired) electrons. The van der Waals surface area contributed by atoms with Crippen LogP contribution >= 0.6 is 0 Å². The van der Waals surface area contributed by atoms with Gasteiger partial charge >= 0.3 is 0 Å². The van der Waals surface area contributed by atoms with E-state index in [2.05, 4.69) is 9.97 Å². The van der Waals surface area contributed by atoms with Crippen molar-refractivity contribution in [2.75, 3.05) is 0 Å². The van der Waals surface area contributed by atoms with Crippen molar-refractivity contribution in [1.82, 2.24) is 14.5 Å². The lowest BCUT2D eigenvalue weighted by Crippen LogP contribution is -1.98. The van der Waals surface area contributed by atoms with Crippen LogP contribution in [-0.2, 0) is 0 Å². The van der Waals surface area contributed by atoms with Gasteiger partial charge in [0, 0.05) is 34.9 Å². The third kappa shape index (κ3) is 2.16. The average Bonchev–Trinajstić information content (AvgIpc) is 2.89. The van der Waals surface area contributed by atoms with Gasteiger partial charge in [-0.2, -0.15) is 4.39 Å². The monoisotopic (exact) mass is 309 g/mol. The number of benzene rings is 1. The van der Waals surface area contributed by atoms with Crippen molar-refractivity contribution in [3.05, 3.63) is 60.9 Å². The van der Waals surface area contributed by atoms with Gasteiger partial charge in [0.25, 0.3) is 0 Å². The number of nitrogens with zero attached hydrogens (tertiary/aromatic N) is 3. The van der Waals surface area contributed by atoms with Crippen molar-refractivity contribution in [2.24, 2.45) is 0 Å². The van der Waals surface area contributed by atoms with E-state index in [1.165, 1.54) is 19.2 Å². The first kappa shape index (κ1) is 13.8. The zero-order valence-electron chi connectivity index (χ0n) is 12.4. The second-order valence-corrected chi connectivity index (χ2v) is 5.44.